The number of hydrogen-bond acceptors (Lipinski definition) is 6. The molecular weight excluding hydrogens is 352 g/mol. The number of piperidine rings is 1. The molecule has 1 atom stereocenters. The van der Waals surface area contributed by atoms with Gasteiger partial charge in [-0.05, 0) is 45.4 Å². The van der Waals surface area contributed by atoms with Gasteiger partial charge in [-0.2, -0.15) is 4.98 Å². The lowest BCUT2D eigenvalue weighted by Crippen LogP contribution is -2.46. The summed E-state index contributed by atoms with van der Waals surface area (Å²) in [6.45, 7) is 3.84. The predicted molar refractivity (Wildman–Crippen MR) is 109 cm³/mol. The summed E-state index contributed by atoms with van der Waals surface area (Å²) < 4.78 is 0. The maximum absolute atomic E-state index is 12.7. The average molecular weight is 380 g/mol. The van der Waals surface area contributed by atoms with Crippen molar-refractivity contribution >= 4 is 11.8 Å². The van der Waals surface area contributed by atoms with Gasteiger partial charge in [-0.15, -0.1) is 0 Å². The second-order valence-electron chi connectivity index (χ2n) is 8.93. The van der Waals surface area contributed by atoms with Gasteiger partial charge in [0.2, 0.25) is 5.95 Å². The van der Waals surface area contributed by atoms with Crippen LogP contribution in [-0.2, 0) is 11.8 Å². The molecule has 1 saturated heterocycles. The third-order valence-corrected chi connectivity index (χ3v) is 6.57. The molecule has 7 heteroatoms. The molecule has 7 nitrogen and oxygen atoms in total. The zero-order chi connectivity index (χ0) is 19.5. The van der Waals surface area contributed by atoms with E-state index in [0.29, 0.717) is 5.92 Å². The summed E-state index contributed by atoms with van der Waals surface area (Å²) in [6.07, 6.45) is 8.18. The number of aryl methyl sites for hydroxylation is 1. The van der Waals surface area contributed by atoms with Crippen molar-refractivity contribution < 1.29 is 0 Å². The second kappa shape index (κ2) is 6.29. The fourth-order valence-corrected chi connectivity index (χ4v) is 4.95. The Hall–Kier alpha value is -2.44. The highest BCUT2D eigenvalue weighted by Crippen LogP contribution is 2.45. The number of rotatable bonds is 3. The number of fused-ring (bicyclic) bond motifs is 2. The molecule has 0 bridgehead atoms. The van der Waals surface area contributed by atoms with Crippen molar-refractivity contribution in [3.63, 3.8) is 0 Å². The van der Waals surface area contributed by atoms with E-state index < -0.39 is 0 Å². The minimum atomic E-state index is -0.0436. The van der Waals surface area contributed by atoms with Crippen molar-refractivity contribution in [1.29, 1.82) is 0 Å². The van der Waals surface area contributed by atoms with Crippen LogP contribution in [0.5, 0.6) is 0 Å². The van der Waals surface area contributed by atoms with Gasteiger partial charge in [-0.25, -0.2) is 9.97 Å². The topological polar surface area (TPSA) is 78.0 Å². The van der Waals surface area contributed by atoms with E-state index in [2.05, 4.69) is 14.9 Å². The van der Waals surface area contributed by atoms with Crippen LogP contribution in [0.4, 0.5) is 11.8 Å². The maximum atomic E-state index is 12.7. The van der Waals surface area contributed by atoms with E-state index >= 15 is 0 Å². The SMILES string of the molecule is Cc1cnc(N2CCCC3(CCc4c3nc(C3CC3)[nH]c4=O)C2)nc1N(C)C. The molecule has 3 aliphatic rings. The van der Waals surface area contributed by atoms with E-state index in [9.17, 15) is 4.79 Å². The zero-order valence-electron chi connectivity index (χ0n) is 17.0. The average Bonchev–Trinajstić information content (AvgIpc) is 3.47. The second-order valence-corrected chi connectivity index (χ2v) is 8.93. The fraction of sp³-hybridized carbons (Fsp3) is 0.619. The molecule has 1 aliphatic heterocycles. The maximum Gasteiger partial charge on any atom is 0.254 e. The third kappa shape index (κ3) is 2.79. The number of H-pyrrole nitrogens is 1. The lowest BCUT2D eigenvalue weighted by Gasteiger charge is -2.40. The Balaban J connectivity index is 1.51. The number of aromatic amines is 1. The first-order chi connectivity index (χ1) is 13.5. The Morgan fingerprint density at radius 1 is 1.25 bits per heavy atom. The van der Waals surface area contributed by atoms with E-state index in [1.54, 1.807) is 0 Å². The van der Waals surface area contributed by atoms with Gasteiger partial charge >= 0.3 is 0 Å². The van der Waals surface area contributed by atoms with Crippen molar-refractivity contribution in [2.24, 2.45) is 0 Å². The van der Waals surface area contributed by atoms with Crippen molar-refractivity contribution in [2.75, 3.05) is 37.0 Å². The van der Waals surface area contributed by atoms with E-state index in [1.807, 2.05) is 32.1 Å². The molecule has 1 N–H and O–H groups in total. The fourth-order valence-electron chi connectivity index (χ4n) is 4.95. The third-order valence-electron chi connectivity index (χ3n) is 6.57. The Bertz CT molecular complexity index is 979. The minimum Gasteiger partial charge on any atom is -0.362 e. The first kappa shape index (κ1) is 17.6. The van der Waals surface area contributed by atoms with Crippen LogP contribution in [0.15, 0.2) is 11.0 Å². The van der Waals surface area contributed by atoms with E-state index in [-0.39, 0.29) is 11.0 Å². The van der Waals surface area contributed by atoms with Gasteiger partial charge in [-0.3, -0.25) is 4.79 Å². The summed E-state index contributed by atoms with van der Waals surface area (Å²) in [7, 11) is 4.03. The smallest absolute Gasteiger partial charge is 0.254 e. The Morgan fingerprint density at radius 3 is 2.82 bits per heavy atom. The lowest BCUT2D eigenvalue weighted by molar-refractivity contribution is 0.331. The molecule has 3 heterocycles. The highest BCUT2D eigenvalue weighted by molar-refractivity contribution is 5.49. The van der Waals surface area contributed by atoms with E-state index in [1.165, 1.54) is 0 Å². The monoisotopic (exact) mass is 380 g/mol. The molecule has 1 spiro atoms. The van der Waals surface area contributed by atoms with Crippen molar-refractivity contribution in [1.82, 2.24) is 19.9 Å². The molecule has 5 rings (SSSR count). The van der Waals surface area contributed by atoms with Crippen LogP contribution in [0.1, 0.15) is 60.7 Å². The summed E-state index contributed by atoms with van der Waals surface area (Å²) in [5.74, 6) is 3.11. The Kier molecular flexibility index (Phi) is 3.96. The van der Waals surface area contributed by atoms with Crippen LogP contribution in [-0.4, -0.2) is 47.1 Å². The molecule has 0 aromatic carbocycles. The van der Waals surface area contributed by atoms with Crippen LogP contribution in [0.25, 0.3) is 0 Å². The van der Waals surface area contributed by atoms with Crippen LogP contribution in [0.3, 0.4) is 0 Å². The van der Waals surface area contributed by atoms with Gasteiger partial charge in [0, 0.05) is 55.8 Å². The van der Waals surface area contributed by atoms with E-state index in [0.717, 1.165) is 86.0 Å². The van der Waals surface area contributed by atoms with Crippen molar-refractivity contribution in [2.45, 2.75) is 56.8 Å². The Morgan fingerprint density at radius 2 is 2.07 bits per heavy atom. The highest BCUT2D eigenvalue weighted by atomic mass is 16.1. The number of nitrogens with one attached hydrogen (secondary N) is 1. The predicted octanol–water partition coefficient (Wildman–Crippen LogP) is 2.30. The molecule has 1 saturated carbocycles. The highest BCUT2D eigenvalue weighted by Gasteiger charge is 2.46. The van der Waals surface area contributed by atoms with Crippen LogP contribution in [0.2, 0.25) is 0 Å². The number of nitrogens with zero attached hydrogens (tertiary/aromatic N) is 5. The largest absolute Gasteiger partial charge is 0.362 e. The van der Waals surface area contributed by atoms with E-state index in [4.69, 9.17) is 9.97 Å². The molecular formula is C21H28N6O. The zero-order valence-corrected chi connectivity index (χ0v) is 17.0. The molecule has 2 fully saturated rings. The number of hydrogen-bond donors (Lipinski definition) is 1. The van der Waals surface area contributed by atoms with Gasteiger partial charge in [-0.1, -0.05) is 0 Å². The molecule has 0 amide bonds. The van der Waals surface area contributed by atoms with Crippen LogP contribution in [0, 0.1) is 6.92 Å². The summed E-state index contributed by atoms with van der Waals surface area (Å²) in [6, 6.07) is 0. The van der Waals surface area contributed by atoms with Crippen LogP contribution >= 0.6 is 0 Å². The van der Waals surface area contributed by atoms with Gasteiger partial charge in [0.25, 0.3) is 5.56 Å². The minimum absolute atomic E-state index is 0.0436. The molecule has 2 aromatic rings. The first-order valence-corrected chi connectivity index (χ1v) is 10.4. The molecule has 0 radical (unpaired) electrons. The summed E-state index contributed by atoms with van der Waals surface area (Å²) in [4.78, 5) is 34.5. The summed E-state index contributed by atoms with van der Waals surface area (Å²) in [5.41, 5.74) is 3.09. The number of anilines is 2. The first-order valence-electron chi connectivity index (χ1n) is 10.4. The van der Waals surface area contributed by atoms with Crippen molar-refractivity contribution in [3.05, 3.63) is 39.2 Å². The lowest BCUT2D eigenvalue weighted by atomic mass is 9.77. The summed E-state index contributed by atoms with van der Waals surface area (Å²) in [5, 5.41) is 0. The van der Waals surface area contributed by atoms with Crippen molar-refractivity contribution in [3.8, 4) is 0 Å². The molecule has 2 aliphatic carbocycles. The van der Waals surface area contributed by atoms with Crippen LogP contribution < -0.4 is 15.4 Å². The number of aromatic nitrogens is 4. The molecule has 2 aromatic heterocycles. The normalized spacial score (nSPS) is 23.9. The molecule has 28 heavy (non-hydrogen) atoms. The molecule has 1 unspecified atom stereocenters. The summed E-state index contributed by atoms with van der Waals surface area (Å²) >= 11 is 0. The van der Waals surface area contributed by atoms with Gasteiger partial charge in [0.1, 0.15) is 11.6 Å². The standard InChI is InChI=1S/C21H28N6O/c1-13-11-22-20(25-18(13)26(2)3)27-10-4-8-21(12-27)9-7-15-16(21)23-17(14-5-6-14)24-19(15)28/h11,14H,4-10,12H2,1-3H3,(H,23,24,28). The van der Waals surface area contributed by atoms with Gasteiger partial charge in [0.15, 0.2) is 0 Å². The quantitative estimate of drug-likeness (QED) is 0.880. The molecule has 148 valence electrons. The Labute approximate surface area is 165 Å². The van der Waals surface area contributed by atoms with Gasteiger partial charge < -0.3 is 14.8 Å². The van der Waals surface area contributed by atoms with Gasteiger partial charge in [0.05, 0.1) is 5.69 Å².